The zero-order chi connectivity index (χ0) is 14.1. The van der Waals surface area contributed by atoms with E-state index in [9.17, 15) is 4.79 Å². The average molecular weight is 330 g/mol. The van der Waals surface area contributed by atoms with Gasteiger partial charge in [-0.05, 0) is 48.9 Å². The Morgan fingerprint density at radius 2 is 2.10 bits per heavy atom. The number of benzene rings is 2. The van der Waals surface area contributed by atoms with E-state index in [0.29, 0.717) is 5.56 Å². The van der Waals surface area contributed by atoms with Gasteiger partial charge in [0.25, 0.3) is 5.91 Å². The first-order chi connectivity index (χ1) is 9.61. The number of carbonyl (C=O) groups is 1. The van der Waals surface area contributed by atoms with Crippen LogP contribution in [-0.4, -0.2) is 16.1 Å². The molecule has 2 aromatic carbocycles. The highest BCUT2D eigenvalue weighted by molar-refractivity contribution is 9.10. The van der Waals surface area contributed by atoms with Crippen LogP contribution in [0, 0.1) is 6.92 Å². The largest absolute Gasteiger partial charge is 0.322 e. The number of aromatic nitrogens is 2. The van der Waals surface area contributed by atoms with Crippen LogP contribution in [0.4, 0.5) is 5.69 Å². The fourth-order valence-corrected chi connectivity index (χ4v) is 2.70. The van der Waals surface area contributed by atoms with E-state index in [2.05, 4.69) is 31.4 Å². The molecule has 0 radical (unpaired) electrons. The molecule has 5 heteroatoms. The Bertz CT molecular complexity index is 774. The molecule has 4 nitrogen and oxygen atoms in total. The van der Waals surface area contributed by atoms with Crippen molar-refractivity contribution in [1.82, 2.24) is 10.2 Å². The summed E-state index contributed by atoms with van der Waals surface area (Å²) in [5.74, 6) is -0.128. The quantitative estimate of drug-likeness (QED) is 0.749. The van der Waals surface area contributed by atoms with Crippen molar-refractivity contribution in [3.8, 4) is 0 Å². The van der Waals surface area contributed by atoms with E-state index < -0.39 is 0 Å². The maximum absolute atomic E-state index is 12.2. The van der Waals surface area contributed by atoms with Gasteiger partial charge >= 0.3 is 0 Å². The van der Waals surface area contributed by atoms with E-state index in [1.165, 1.54) is 0 Å². The summed E-state index contributed by atoms with van der Waals surface area (Å²) in [4.78, 5) is 12.2. The van der Waals surface area contributed by atoms with Gasteiger partial charge in [0.05, 0.1) is 11.7 Å². The van der Waals surface area contributed by atoms with Gasteiger partial charge in [0, 0.05) is 21.1 Å². The van der Waals surface area contributed by atoms with Crippen molar-refractivity contribution in [3.63, 3.8) is 0 Å². The summed E-state index contributed by atoms with van der Waals surface area (Å²) in [6.07, 6.45) is 1.73. The Kier molecular flexibility index (Phi) is 3.28. The third-order valence-corrected chi connectivity index (χ3v) is 3.46. The van der Waals surface area contributed by atoms with Crippen molar-refractivity contribution in [1.29, 1.82) is 0 Å². The molecule has 1 amide bonds. The topological polar surface area (TPSA) is 57.8 Å². The summed E-state index contributed by atoms with van der Waals surface area (Å²) in [7, 11) is 0. The second kappa shape index (κ2) is 5.09. The fraction of sp³-hybridized carbons (Fsp3) is 0.0667. The number of fused-ring (bicyclic) bond motifs is 1. The van der Waals surface area contributed by atoms with Crippen LogP contribution >= 0.6 is 15.9 Å². The standard InChI is InChI=1S/C15H12BrN3O/c1-9-4-10(6-12(16)5-9)15(20)18-13-2-3-14-11(7-13)8-17-19-14/h2-8H,1H3,(H,17,19)(H,18,20). The Morgan fingerprint density at radius 1 is 1.25 bits per heavy atom. The van der Waals surface area contributed by atoms with Gasteiger partial charge in [0.2, 0.25) is 0 Å². The molecule has 0 saturated heterocycles. The average Bonchev–Trinajstić information content (AvgIpc) is 2.85. The molecule has 20 heavy (non-hydrogen) atoms. The molecule has 100 valence electrons. The number of aryl methyl sites for hydroxylation is 1. The van der Waals surface area contributed by atoms with Crippen molar-refractivity contribution in [2.45, 2.75) is 6.92 Å². The van der Waals surface area contributed by atoms with Crippen molar-refractivity contribution < 1.29 is 4.79 Å². The third kappa shape index (κ3) is 2.58. The third-order valence-electron chi connectivity index (χ3n) is 3.00. The molecule has 0 unspecified atom stereocenters. The van der Waals surface area contributed by atoms with Gasteiger partial charge in [-0.3, -0.25) is 9.89 Å². The number of aromatic amines is 1. The summed E-state index contributed by atoms with van der Waals surface area (Å²) in [6, 6.07) is 11.3. The smallest absolute Gasteiger partial charge is 0.255 e. The lowest BCUT2D eigenvalue weighted by molar-refractivity contribution is 0.102. The lowest BCUT2D eigenvalue weighted by Gasteiger charge is -2.07. The van der Waals surface area contributed by atoms with Crippen LogP contribution in [0.3, 0.4) is 0 Å². The number of carbonyl (C=O) groups excluding carboxylic acids is 1. The van der Waals surface area contributed by atoms with E-state index in [1.54, 1.807) is 12.3 Å². The van der Waals surface area contributed by atoms with E-state index in [4.69, 9.17) is 0 Å². The van der Waals surface area contributed by atoms with Gasteiger partial charge in [-0.1, -0.05) is 15.9 Å². The molecule has 1 aromatic heterocycles. The van der Waals surface area contributed by atoms with Gasteiger partial charge in [0.1, 0.15) is 0 Å². The van der Waals surface area contributed by atoms with Crippen LogP contribution in [0.1, 0.15) is 15.9 Å². The molecular formula is C15H12BrN3O. The molecule has 0 aliphatic heterocycles. The van der Waals surface area contributed by atoms with Crippen LogP contribution in [0.2, 0.25) is 0 Å². The number of nitrogens with one attached hydrogen (secondary N) is 2. The van der Waals surface area contributed by atoms with E-state index in [1.807, 2.05) is 37.3 Å². The number of anilines is 1. The number of amides is 1. The monoisotopic (exact) mass is 329 g/mol. The highest BCUT2D eigenvalue weighted by atomic mass is 79.9. The number of hydrogen-bond acceptors (Lipinski definition) is 2. The second-order valence-corrected chi connectivity index (χ2v) is 5.56. The van der Waals surface area contributed by atoms with Gasteiger partial charge in [-0.2, -0.15) is 5.10 Å². The Balaban J connectivity index is 1.87. The second-order valence-electron chi connectivity index (χ2n) is 4.64. The Morgan fingerprint density at radius 3 is 2.90 bits per heavy atom. The first-order valence-electron chi connectivity index (χ1n) is 6.13. The van der Waals surface area contributed by atoms with Gasteiger partial charge in [0.15, 0.2) is 0 Å². The van der Waals surface area contributed by atoms with E-state index >= 15 is 0 Å². The Hall–Kier alpha value is -2.14. The molecule has 2 N–H and O–H groups in total. The fourth-order valence-electron chi connectivity index (χ4n) is 2.09. The summed E-state index contributed by atoms with van der Waals surface area (Å²) in [6.45, 7) is 1.96. The van der Waals surface area contributed by atoms with E-state index in [0.717, 1.165) is 26.6 Å². The van der Waals surface area contributed by atoms with Crippen LogP contribution in [-0.2, 0) is 0 Å². The molecule has 0 spiro atoms. The zero-order valence-electron chi connectivity index (χ0n) is 10.8. The minimum atomic E-state index is -0.128. The van der Waals surface area contributed by atoms with Crippen LogP contribution in [0.25, 0.3) is 10.9 Å². The highest BCUT2D eigenvalue weighted by Gasteiger charge is 2.08. The first-order valence-corrected chi connectivity index (χ1v) is 6.93. The van der Waals surface area contributed by atoms with Crippen LogP contribution in [0.5, 0.6) is 0 Å². The molecule has 0 aliphatic carbocycles. The minimum absolute atomic E-state index is 0.128. The predicted octanol–water partition coefficient (Wildman–Crippen LogP) is 3.89. The number of rotatable bonds is 2. The Labute approximate surface area is 124 Å². The van der Waals surface area contributed by atoms with Crippen LogP contribution in [0.15, 0.2) is 47.1 Å². The van der Waals surface area contributed by atoms with Crippen molar-refractivity contribution >= 4 is 38.4 Å². The van der Waals surface area contributed by atoms with E-state index in [-0.39, 0.29) is 5.91 Å². The van der Waals surface area contributed by atoms with Gasteiger partial charge in [-0.15, -0.1) is 0 Å². The molecule has 0 aliphatic rings. The minimum Gasteiger partial charge on any atom is -0.322 e. The molecule has 3 aromatic rings. The lowest BCUT2D eigenvalue weighted by Crippen LogP contribution is -2.12. The number of hydrogen-bond donors (Lipinski definition) is 2. The summed E-state index contributed by atoms with van der Waals surface area (Å²) in [5.41, 5.74) is 3.36. The van der Waals surface area contributed by atoms with Crippen molar-refractivity contribution in [3.05, 3.63) is 58.2 Å². The number of halogens is 1. The molecular weight excluding hydrogens is 318 g/mol. The summed E-state index contributed by atoms with van der Waals surface area (Å²) in [5, 5.41) is 10.7. The lowest BCUT2D eigenvalue weighted by atomic mass is 10.1. The maximum Gasteiger partial charge on any atom is 0.255 e. The van der Waals surface area contributed by atoms with Gasteiger partial charge < -0.3 is 5.32 Å². The maximum atomic E-state index is 12.2. The summed E-state index contributed by atoms with van der Waals surface area (Å²) < 4.78 is 0.896. The predicted molar refractivity (Wildman–Crippen MR) is 82.9 cm³/mol. The number of nitrogens with zero attached hydrogens (tertiary/aromatic N) is 1. The molecule has 0 fully saturated rings. The molecule has 0 atom stereocenters. The molecule has 3 rings (SSSR count). The molecule has 0 bridgehead atoms. The molecule has 1 heterocycles. The zero-order valence-corrected chi connectivity index (χ0v) is 12.4. The first kappa shape index (κ1) is 12.9. The number of H-pyrrole nitrogens is 1. The van der Waals surface area contributed by atoms with Crippen LogP contribution < -0.4 is 5.32 Å². The normalized spacial score (nSPS) is 10.7. The highest BCUT2D eigenvalue weighted by Crippen LogP contribution is 2.19. The summed E-state index contributed by atoms with van der Waals surface area (Å²) >= 11 is 3.40. The molecule has 0 saturated carbocycles. The van der Waals surface area contributed by atoms with Crippen molar-refractivity contribution in [2.24, 2.45) is 0 Å². The van der Waals surface area contributed by atoms with Crippen molar-refractivity contribution in [2.75, 3.05) is 5.32 Å². The SMILES string of the molecule is Cc1cc(Br)cc(C(=O)Nc2ccc3[nH]ncc3c2)c1. The van der Waals surface area contributed by atoms with Gasteiger partial charge in [-0.25, -0.2) is 0 Å².